The van der Waals surface area contributed by atoms with Crippen LogP contribution < -0.4 is 16.0 Å². The number of rotatable bonds is 6. The second-order valence-electron chi connectivity index (χ2n) is 6.06. The van der Waals surface area contributed by atoms with E-state index in [1.807, 2.05) is 0 Å². The minimum absolute atomic E-state index is 0.0142. The summed E-state index contributed by atoms with van der Waals surface area (Å²) in [5, 5.41) is 18.8. The van der Waals surface area contributed by atoms with Crippen LogP contribution in [0.25, 0.3) is 0 Å². The van der Waals surface area contributed by atoms with Crippen LogP contribution in [0.3, 0.4) is 0 Å². The lowest BCUT2D eigenvalue weighted by Crippen LogP contribution is -2.34. The number of benzene rings is 2. The van der Waals surface area contributed by atoms with Gasteiger partial charge in [-0.2, -0.15) is 0 Å². The molecular formula is C20H16N4O5S. The third-order valence-electron chi connectivity index (χ3n) is 3.93. The molecule has 0 aliphatic carbocycles. The summed E-state index contributed by atoms with van der Waals surface area (Å²) >= 11 is 5.12. The Bertz CT molecular complexity index is 1100. The van der Waals surface area contributed by atoms with E-state index in [0.717, 1.165) is 6.07 Å². The number of amides is 2. The van der Waals surface area contributed by atoms with E-state index in [4.69, 9.17) is 16.6 Å². The number of carbonyl (C=O) groups excluding carboxylic acids is 2. The summed E-state index contributed by atoms with van der Waals surface area (Å²) in [6, 6.07) is 15.3. The summed E-state index contributed by atoms with van der Waals surface area (Å²) < 4.78 is 5.17. The van der Waals surface area contributed by atoms with Gasteiger partial charge in [-0.3, -0.25) is 25.0 Å². The molecule has 3 aromatic rings. The Morgan fingerprint density at radius 2 is 1.73 bits per heavy atom. The van der Waals surface area contributed by atoms with E-state index in [1.165, 1.54) is 24.5 Å². The molecule has 0 spiro atoms. The topological polar surface area (TPSA) is 127 Å². The fourth-order valence-corrected chi connectivity index (χ4v) is 2.73. The van der Waals surface area contributed by atoms with Crippen LogP contribution in [0, 0.1) is 10.1 Å². The van der Waals surface area contributed by atoms with Crippen LogP contribution in [-0.4, -0.2) is 21.9 Å². The zero-order valence-corrected chi connectivity index (χ0v) is 16.3. The standard InChI is InChI=1S/C20H16N4O5S/c25-18(21-12-17-8-3-9-29-17)13-4-1-6-15(10-13)22-20(30)23-19(26)14-5-2-7-16(11-14)24(27)28/h1-11H,12H2,(H,21,25)(H2,22,23,26,30). The largest absolute Gasteiger partial charge is 0.467 e. The quantitative estimate of drug-likeness (QED) is 0.315. The number of anilines is 1. The molecule has 1 aromatic heterocycles. The highest BCUT2D eigenvalue weighted by Crippen LogP contribution is 2.14. The van der Waals surface area contributed by atoms with Crippen LogP contribution in [0.15, 0.2) is 71.3 Å². The van der Waals surface area contributed by atoms with Gasteiger partial charge < -0.3 is 15.1 Å². The summed E-state index contributed by atoms with van der Waals surface area (Å²) in [7, 11) is 0. The van der Waals surface area contributed by atoms with Crippen molar-refractivity contribution in [2.45, 2.75) is 6.54 Å². The van der Waals surface area contributed by atoms with Gasteiger partial charge in [0.2, 0.25) is 0 Å². The summed E-state index contributed by atoms with van der Waals surface area (Å²) in [5.41, 5.74) is 0.776. The molecule has 0 bridgehead atoms. The van der Waals surface area contributed by atoms with Gasteiger partial charge in [0.25, 0.3) is 17.5 Å². The first-order valence-electron chi connectivity index (χ1n) is 8.70. The monoisotopic (exact) mass is 424 g/mol. The number of non-ortho nitro benzene ring substituents is 1. The first kappa shape index (κ1) is 20.7. The number of hydrogen-bond acceptors (Lipinski definition) is 6. The van der Waals surface area contributed by atoms with Crippen LogP contribution in [0.5, 0.6) is 0 Å². The van der Waals surface area contributed by atoms with Gasteiger partial charge in [-0.15, -0.1) is 0 Å². The summed E-state index contributed by atoms with van der Waals surface area (Å²) in [5.74, 6) is -0.271. The van der Waals surface area contributed by atoms with Gasteiger partial charge in [0.1, 0.15) is 5.76 Å². The van der Waals surface area contributed by atoms with Crippen molar-refractivity contribution in [2.75, 3.05) is 5.32 Å². The van der Waals surface area contributed by atoms with E-state index in [-0.39, 0.29) is 28.8 Å². The second-order valence-corrected chi connectivity index (χ2v) is 6.47. The predicted molar refractivity (Wildman–Crippen MR) is 113 cm³/mol. The van der Waals surface area contributed by atoms with Crippen molar-refractivity contribution in [2.24, 2.45) is 0 Å². The molecule has 0 saturated heterocycles. The lowest BCUT2D eigenvalue weighted by atomic mass is 10.2. The second kappa shape index (κ2) is 9.43. The van der Waals surface area contributed by atoms with Crippen LogP contribution >= 0.6 is 12.2 Å². The van der Waals surface area contributed by atoms with Crippen molar-refractivity contribution in [1.29, 1.82) is 0 Å². The van der Waals surface area contributed by atoms with Crippen molar-refractivity contribution >= 4 is 40.5 Å². The maximum atomic E-state index is 12.3. The van der Waals surface area contributed by atoms with E-state index in [2.05, 4.69) is 16.0 Å². The zero-order chi connectivity index (χ0) is 21.5. The Morgan fingerprint density at radius 3 is 2.43 bits per heavy atom. The summed E-state index contributed by atoms with van der Waals surface area (Å²) in [6.45, 7) is 0.251. The molecule has 0 radical (unpaired) electrons. The molecule has 3 N–H and O–H groups in total. The maximum absolute atomic E-state index is 12.3. The molecule has 0 aliphatic rings. The maximum Gasteiger partial charge on any atom is 0.270 e. The zero-order valence-electron chi connectivity index (χ0n) is 15.5. The van der Waals surface area contributed by atoms with Crippen LogP contribution in [0.4, 0.5) is 11.4 Å². The molecule has 30 heavy (non-hydrogen) atoms. The average molecular weight is 424 g/mol. The molecule has 3 rings (SSSR count). The Labute approximate surface area is 176 Å². The molecular weight excluding hydrogens is 408 g/mol. The Kier molecular flexibility index (Phi) is 6.50. The highest BCUT2D eigenvalue weighted by atomic mass is 32.1. The van der Waals surface area contributed by atoms with Gasteiger partial charge in [-0.1, -0.05) is 12.1 Å². The number of carbonyl (C=O) groups is 2. The van der Waals surface area contributed by atoms with Gasteiger partial charge >= 0.3 is 0 Å². The fourth-order valence-electron chi connectivity index (χ4n) is 2.52. The number of nitrogens with one attached hydrogen (secondary N) is 3. The summed E-state index contributed by atoms with van der Waals surface area (Å²) in [6.07, 6.45) is 1.52. The molecule has 1 heterocycles. The number of thiocarbonyl (C=S) groups is 1. The minimum atomic E-state index is -0.594. The van der Waals surface area contributed by atoms with Crippen molar-refractivity contribution in [3.63, 3.8) is 0 Å². The molecule has 0 saturated carbocycles. The van der Waals surface area contributed by atoms with E-state index in [1.54, 1.807) is 36.4 Å². The van der Waals surface area contributed by atoms with Gasteiger partial charge in [-0.25, -0.2) is 0 Å². The Morgan fingerprint density at radius 1 is 1.00 bits per heavy atom. The van der Waals surface area contributed by atoms with Crippen molar-refractivity contribution in [3.8, 4) is 0 Å². The first-order chi connectivity index (χ1) is 14.4. The smallest absolute Gasteiger partial charge is 0.270 e. The number of nitro groups is 1. The number of furan rings is 1. The molecule has 10 heteroatoms. The van der Waals surface area contributed by atoms with Gasteiger partial charge in [0, 0.05) is 28.9 Å². The SMILES string of the molecule is O=C(NCc1ccco1)c1cccc(NC(=S)NC(=O)c2cccc([N+](=O)[O-])c2)c1. The molecule has 0 aliphatic heterocycles. The normalized spacial score (nSPS) is 10.1. The fraction of sp³-hybridized carbons (Fsp3) is 0.0500. The Hall–Kier alpha value is -4.05. The number of hydrogen-bond donors (Lipinski definition) is 3. The van der Waals surface area contributed by atoms with E-state index < -0.39 is 10.8 Å². The van der Waals surface area contributed by atoms with Crippen LogP contribution in [-0.2, 0) is 6.54 Å². The highest BCUT2D eigenvalue weighted by Gasteiger charge is 2.13. The third kappa shape index (κ3) is 5.49. The van der Waals surface area contributed by atoms with Crippen molar-refractivity contribution in [1.82, 2.24) is 10.6 Å². The summed E-state index contributed by atoms with van der Waals surface area (Å²) in [4.78, 5) is 34.8. The van der Waals surface area contributed by atoms with Crippen LogP contribution in [0.2, 0.25) is 0 Å². The van der Waals surface area contributed by atoms with Crippen molar-refractivity contribution < 1.29 is 18.9 Å². The van der Waals surface area contributed by atoms with E-state index >= 15 is 0 Å². The molecule has 0 unspecified atom stereocenters. The molecule has 0 atom stereocenters. The molecule has 0 fully saturated rings. The third-order valence-corrected chi connectivity index (χ3v) is 4.14. The molecule has 9 nitrogen and oxygen atoms in total. The average Bonchev–Trinajstić information content (AvgIpc) is 3.26. The van der Waals surface area contributed by atoms with E-state index in [0.29, 0.717) is 17.0 Å². The predicted octanol–water partition coefficient (Wildman–Crippen LogP) is 3.24. The Balaban J connectivity index is 1.59. The molecule has 2 aromatic carbocycles. The lowest BCUT2D eigenvalue weighted by Gasteiger charge is -2.11. The van der Waals surface area contributed by atoms with Gasteiger partial charge in [0.15, 0.2) is 5.11 Å². The number of nitrogens with zero attached hydrogens (tertiary/aromatic N) is 1. The minimum Gasteiger partial charge on any atom is -0.467 e. The van der Waals surface area contributed by atoms with Crippen molar-refractivity contribution in [3.05, 3.63) is 93.9 Å². The molecule has 152 valence electrons. The molecule has 2 amide bonds. The van der Waals surface area contributed by atoms with Gasteiger partial charge in [-0.05, 0) is 48.6 Å². The van der Waals surface area contributed by atoms with Crippen LogP contribution in [0.1, 0.15) is 26.5 Å². The lowest BCUT2D eigenvalue weighted by molar-refractivity contribution is -0.384. The van der Waals surface area contributed by atoms with E-state index in [9.17, 15) is 19.7 Å². The first-order valence-corrected chi connectivity index (χ1v) is 9.10. The van der Waals surface area contributed by atoms with Gasteiger partial charge in [0.05, 0.1) is 17.7 Å². The number of nitro benzene ring substituents is 1. The highest BCUT2D eigenvalue weighted by molar-refractivity contribution is 7.80.